The molecular weight excluding hydrogens is 550 g/mol. The number of ether oxygens (including phenoxy) is 1. The SMILES string of the molecule is NCCCC[C@H](NC(=O)[C@H](Cc1ccc(O)cc1)NC(=O)OCc1ccccc1)C(=O)N[C@@H](Cc1ccccc1)C(N)=O. The highest BCUT2D eigenvalue weighted by Crippen LogP contribution is 2.13. The van der Waals surface area contributed by atoms with Crippen molar-refractivity contribution < 1.29 is 29.0 Å². The molecule has 0 aliphatic carbocycles. The summed E-state index contributed by atoms with van der Waals surface area (Å²) < 4.78 is 5.32. The Hall–Kier alpha value is -4.90. The van der Waals surface area contributed by atoms with Crippen molar-refractivity contribution in [2.45, 2.75) is 56.8 Å². The van der Waals surface area contributed by atoms with Crippen molar-refractivity contribution in [3.63, 3.8) is 0 Å². The highest BCUT2D eigenvalue weighted by atomic mass is 16.5. The van der Waals surface area contributed by atoms with E-state index in [0.717, 1.165) is 11.1 Å². The Morgan fingerprint density at radius 2 is 1.21 bits per heavy atom. The summed E-state index contributed by atoms with van der Waals surface area (Å²) in [5, 5.41) is 17.7. The molecule has 228 valence electrons. The topological polar surface area (TPSA) is 186 Å². The van der Waals surface area contributed by atoms with E-state index < -0.39 is 41.9 Å². The molecule has 0 unspecified atom stereocenters. The molecule has 11 heteroatoms. The van der Waals surface area contributed by atoms with Crippen LogP contribution in [0.2, 0.25) is 0 Å². The van der Waals surface area contributed by atoms with E-state index in [9.17, 15) is 24.3 Å². The summed E-state index contributed by atoms with van der Waals surface area (Å²) in [6.07, 6.45) is 0.818. The predicted octanol–water partition coefficient (Wildman–Crippen LogP) is 2.06. The molecule has 3 aromatic carbocycles. The second kappa shape index (κ2) is 17.1. The van der Waals surface area contributed by atoms with Crippen molar-refractivity contribution in [3.8, 4) is 5.75 Å². The van der Waals surface area contributed by atoms with Gasteiger partial charge in [0.05, 0.1) is 0 Å². The lowest BCUT2D eigenvalue weighted by Gasteiger charge is -2.25. The third-order valence-corrected chi connectivity index (χ3v) is 6.72. The molecule has 43 heavy (non-hydrogen) atoms. The summed E-state index contributed by atoms with van der Waals surface area (Å²) in [7, 11) is 0. The Morgan fingerprint density at radius 1 is 0.674 bits per heavy atom. The number of nitrogens with two attached hydrogens (primary N) is 2. The van der Waals surface area contributed by atoms with E-state index in [0.29, 0.717) is 24.9 Å². The van der Waals surface area contributed by atoms with Crippen LogP contribution in [0.1, 0.15) is 36.0 Å². The number of primary amides is 1. The molecule has 0 aliphatic heterocycles. The fourth-order valence-corrected chi connectivity index (χ4v) is 4.36. The standard InChI is InChI=1S/C32H39N5O6/c33-18-8-7-13-26(30(40)36-27(29(34)39)19-22-9-3-1-4-10-22)35-31(41)28(20-23-14-16-25(38)17-15-23)37-32(42)43-21-24-11-5-2-6-12-24/h1-6,9-12,14-17,26-28,38H,7-8,13,18-21,33H2,(H2,34,39)(H,35,41)(H,36,40)(H,37,42)/t26-,27-,28-/m0/s1. The van der Waals surface area contributed by atoms with Gasteiger partial charge in [-0.05, 0) is 54.6 Å². The Kier molecular flexibility index (Phi) is 13.0. The molecule has 0 radical (unpaired) electrons. The average Bonchev–Trinajstić information content (AvgIpc) is 3.01. The van der Waals surface area contributed by atoms with Crippen molar-refractivity contribution in [1.82, 2.24) is 16.0 Å². The molecule has 0 aliphatic rings. The maximum Gasteiger partial charge on any atom is 0.408 e. The number of phenolic OH excluding ortho intramolecular Hbond substituents is 1. The van der Waals surface area contributed by atoms with Gasteiger partial charge in [-0.3, -0.25) is 14.4 Å². The first-order valence-electron chi connectivity index (χ1n) is 14.1. The zero-order valence-electron chi connectivity index (χ0n) is 23.9. The smallest absolute Gasteiger partial charge is 0.408 e. The van der Waals surface area contributed by atoms with Crippen LogP contribution < -0.4 is 27.4 Å². The number of carbonyl (C=O) groups is 4. The van der Waals surface area contributed by atoms with Crippen LogP contribution in [-0.4, -0.2) is 53.6 Å². The van der Waals surface area contributed by atoms with E-state index in [1.54, 1.807) is 24.3 Å². The highest BCUT2D eigenvalue weighted by Gasteiger charge is 2.29. The Bertz CT molecular complexity index is 1320. The molecule has 0 saturated carbocycles. The Balaban J connectivity index is 1.74. The van der Waals surface area contributed by atoms with Crippen LogP contribution >= 0.6 is 0 Å². The van der Waals surface area contributed by atoms with Crippen molar-refractivity contribution >= 4 is 23.8 Å². The number of phenols is 1. The molecule has 0 fully saturated rings. The number of hydrogen-bond acceptors (Lipinski definition) is 7. The lowest BCUT2D eigenvalue weighted by molar-refractivity contribution is -0.132. The van der Waals surface area contributed by atoms with E-state index in [1.165, 1.54) is 12.1 Å². The quantitative estimate of drug-likeness (QED) is 0.138. The third kappa shape index (κ3) is 11.5. The van der Waals surface area contributed by atoms with Gasteiger partial charge in [-0.2, -0.15) is 0 Å². The first-order valence-corrected chi connectivity index (χ1v) is 14.1. The van der Waals surface area contributed by atoms with Gasteiger partial charge in [0, 0.05) is 12.8 Å². The first-order chi connectivity index (χ1) is 20.7. The summed E-state index contributed by atoms with van der Waals surface area (Å²) in [4.78, 5) is 51.8. The van der Waals surface area contributed by atoms with E-state index in [4.69, 9.17) is 16.2 Å². The minimum atomic E-state index is -1.12. The van der Waals surface area contributed by atoms with Crippen LogP contribution in [0, 0.1) is 0 Å². The van der Waals surface area contributed by atoms with Crippen LogP contribution in [0.25, 0.3) is 0 Å². The number of rotatable bonds is 16. The summed E-state index contributed by atoms with van der Waals surface area (Å²) in [6.45, 7) is 0.402. The van der Waals surface area contributed by atoms with Gasteiger partial charge in [0.1, 0.15) is 30.5 Å². The minimum absolute atomic E-state index is 0.000259. The molecule has 4 amide bonds. The molecule has 0 heterocycles. The van der Waals surface area contributed by atoms with Crippen LogP contribution in [0.5, 0.6) is 5.75 Å². The molecule has 0 spiro atoms. The number of alkyl carbamates (subject to hydrolysis) is 1. The molecule has 0 saturated heterocycles. The maximum atomic E-state index is 13.6. The number of hydrogen-bond donors (Lipinski definition) is 6. The zero-order chi connectivity index (χ0) is 31.0. The zero-order valence-corrected chi connectivity index (χ0v) is 23.9. The van der Waals surface area contributed by atoms with Gasteiger partial charge >= 0.3 is 6.09 Å². The molecule has 3 rings (SSSR count). The van der Waals surface area contributed by atoms with Crippen LogP contribution in [0.4, 0.5) is 4.79 Å². The number of aromatic hydroxyl groups is 1. The number of nitrogens with one attached hydrogen (secondary N) is 3. The largest absolute Gasteiger partial charge is 0.508 e. The van der Waals surface area contributed by atoms with Crippen molar-refractivity contribution in [3.05, 3.63) is 102 Å². The molecule has 0 aromatic heterocycles. The summed E-state index contributed by atoms with van der Waals surface area (Å²) in [6, 6.07) is 21.2. The molecule has 11 nitrogen and oxygen atoms in total. The van der Waals surface area contributed by atoms with Crippen LogP contribution in [0.15, 0.2) is 84.9 Å². The molecular formula is C32H39N5O6. The highest BCUT2D eigenvalue weighted by molar-refractivity contribution is 5.93. The summed E-state index contributed by atoms with van der Waals surface area (Å²) in [5.41, 5.74) is 13.5. The van der Waals surface area contributed by atoms with E-state index in [1.807, 2.05) is 48.5 Å². The van der Waals surface area contributed by atoms with E-state index in [-0.39, 0.29) is 31.6 Å². The van der Waals surface area contributed by atoms with Gasteiger partial charge in [-0.1, -0.05) is 72.8 Å². The van der Waals surface area contributed by atoms with Gasteiger partial charge in [-0.15, -0.1) is 0 Å². The van der Waals surface area contributed by atoms with Crippen molar-refractivity contribution in [1.29, 1.82) is 0 Å². The van der Waals surface area contributed by atoms with Gasteiger partial charge in [-0.25, -0.2) is 4.79 Å². The van der Waals surface area contributed by atoms with Crippen molar-refractivity contribution in [2.75, 3.05) is 6.54 Å². The maximum absolute atomic E-state index is 13.6. The second-order valence-corrected chi connectivity index (χ2v) is 10.1. The monoisotopic (exact) mass is 589 g/mol. The average molecular weight is 590 g/mol. The number of benzene rings is 3. The molecule has 8 N–H and O–H groups in total. The van der Waals surface area contributed by atoms with Crippen LogP contribution in [-0.2, 0) is 38.6 Å². The minimum Gasteiger partial charge on any atom is -0.508 e. The number of carbonyl (C=O) groups excluding carboxylic acids is 4. The molecule has 3 atom stereocenters. The lowest BCUT2D eigenvalue weighted by atomic mass is 10.0. The van der Waals surface area contributed by atoms with Gasteiger partial charge < -0.3 is 37.3 Å². The molecule has 0 bridgehead atoms. The van der Waals surface area contributed by atoms with E-state index in [2.05, 4.69) is 16.0 Å². The number of amides is 4. The van der Waals surface area contributed by atoms with Crippen LogP contribution in [0.3, 0.4) is 0 Å². The molecule has 3 aromatic rings. The van der Waals surface area contributed by atoms with Gasteiger partial charge in [0.25, 0.3) is 0 Å². The summed E-state index contributed by atoms with van der Waals surface area (Å²) in [5.74, 6) is -1.87. The van der Waals surface area contributed by atoms with Crippen molar-refractivity contribution in [2.24, 2.45) is 11.5 Å². The summed E-state index contributed by atoms with van der Waals surface area (Å²) >= 11 is 0. The fraction of sp³-hybridized carbons (Fsp3) is 0.312. The third-order valence-electron chi connectivity index (χ3n) is 6.72. The predicted molar refractivity (Wildman–Crippen MR) is 161 cm³/mol. The Morgan fingerprint density at radius 3 is 1.81 bits per heavy atom. The normalized spacial score (nSPS) is 12.8. The second-order valence-electron chi connectivity index (χ2n) is 10.1. The first kappa shape index (κ1) is 32.6. The number of unbranched alkanes of at least 4 members (excludes halogenated alkanes) is 1. The van der Waals surface area contributed by atoms with Gasteiger partial charge in [0.2, 0.25) is 17.7 Å². The lowest BCUT2D eigenvalue weighted by Crippen LogP contribution is -2.57. The Labute approximate surface area is 251 Å². The fourth-order valence-electron chi connectivity index (χ4n) is 4.36. The van der Waals surface area contributed by atoms with Gasteiger partial charge in [0.15, 0.2) is 0 Å². The van der Waals surface area contributed by atoms with E-state index >= 15 is 0 Å².